The van der Waals surface area contributed by atoms with Crippen LogP contribution in [-0.2, 0) is 4.74 Å². The van der Waals surface area contributed by atoms with E-state index in [0.717, 1.165) is 11.1 Å². The van der Waals surface area contributed by atoms with Gasteiger partial charge in [0.25, 0.3) is 0 Å². The van der Waals surface area contributed by atoms with Gasteiger partial charge in [0.05, 0.1) is 11.7 Å². The Kier molecular flexibility index (Phi) is 5.68. The number of fused-ring (bicyclic) bond motifs is 1. The van der Waals surface area contributed by atoms with E-state index in [1.54, 1.807) is 17.0 Å². The summed E-state index contributed by atoms with van der Waals surface area (Å²) in [7, 11) is 0. The van der Waals surface area contributed by atoms with E-state index in [4.69, 9.17) is 9.15 Å². The molecule has 4 aromatic carbocycles. The highest BCUT2D eigenvalue weighted by atomic mass is 19.1. The Morgan fingerprint density at radius 2 is 1.55 bits per heavy atom. The Hall–Kier alpha value is -4.91. The van der Waals surface area contributed by atoms with Gasteiger partial charge in [-0.2, -0.15) is 0 Å². The number of benzene rings is 4. The average molecular weight is 508 g/mol. The van der Waals surface area contributed by atoms with Crippen LogP contribution in [0.25, 0.3) is 33.4 Å². The first kappa shape index (κ1) is 23.5. The summed E-state index contributed by atoms with van der Waals surface area (Å²) in [5.41, 5.74) is 3.56. The van der Waals surface area contributed by atoms with E-state index in [9.17, 15) is 19.1 Å². The number of carboxylic acid groups (broad SMARTS) is 1. The molecule has 1 fully saturated rings. The number of hydrogen-bond donors (Lipinski definition) is 1. The van der Waals surface area contributed by atoms with E-state index < -0.39 is 24.0 Å². The highest BCUT2D eigenvalue weighted by Gasteiger charge is 2.42. The highest BCUT2D eigenvalue weighted by Crippen LogP contribution is 2.44. The van der Waals surface area contributed by atoms with E-state index in [-0.39, 0.29) is 17.4 Å². The molecule has 0 saturated carbocycles. The number of furan rings is 1. The number of nitrogens with zero attached hydrogens (tertiary/aromatic N) is 1. The number of hydrogen-bond acceptors (Lipinski definition) is 4. The lowest BCUT2D eigenvalue weighted by molar-refractivity contribution is 0.0699. The molecule has 1 aliphatic rings. The van der Waals surface area contributed by atoms with Gasteiger partial charge in [0.15, 0.2) is 0 Å². The molecule has 6 nitrogen and oxygen atoms in total. The van der Waals surface area contributed by atoms with Gasteiger partial charge in [-0.05, 0) is 48.4 Å². The van der Waals surface area contributed by atoms with Gasteiger partial charge in [-0.3, -0.25) is 4.90 Å². The fourth-order valence-corrected chi connectivity index (χ4v) is 5.07. The van der Waals surface area contributed by atoms with Crippen LogP contribution in [0.4, 0.5) is 14.9 Å². The zero-order chi connectivity index (χ0) is 26.4. The summed E-state index contributed by atoms with van der Waals surface area (Å²) in [6.45, 7) is 1.91. The van der Waals surface area contributed by atoms with Crippen LogP contribution in [0.1, 0.15) is 28.9 Å². The van der Waals surface area contributed by atoms with Crippen LogP contribution < -0.4 is 4.90 Å². The zero-order valence-corrected chi connectivity index (χ0v) is 20.3. The molecule has 0 bridgehead atoms. The normalized spacial score (nSPS) is 17.1. The van der Waals surface area contributed by atoms with Crippen LogP contribution in [-0.4, -0.2) is 23.2 Å². The minimum Gasteiger partial charge on any atom is -0.478 e. The molecule has 5 aromatic rings. The van der Waals surface area contributed by atoms with E-state index in [1.807, 2.05) is 67.6 Å². The number of halogens is 1. The predicted octanol–water partition coefficient (Wildman–Crippen LogP) is 7.69. The average Bonchev–Trinajstić information content (AvgIpc) is 3.45. The Morgan fingerprint density at radius 3 is 2.21 bits per heavy atom. The number of ether oxygens (including phenoxy) is 1. The molecule has 2 atom stereocenters. The lowest BCUT2D eigenvalue weighted by atomic mass is 9.97. The third-order valence-corrected chi connectivity index (χ3v) is 6.87. The molecule has 1 saturated heterocycles. The number of aromatic carboxylic acids is 1. The van der Waals surface area contributed by atoms with Crippen molar-refractivity contribution in [2.75, 3.05) is 4.90 Å². The fourth-order valence-electron chi connectivity index (χ4n) is 5.07. The second-order valence-corrected chi connectivity index (χ2v) is 9.18. The fraction of sp³-hybridized carbons (Fsp3) is 0.0968. The molecule has 1 amide bonds. The van der Waals surface area contributed by atoms with Gasteiger partial charge in [0, 0.05) is 22.6 Å². The van der Waals surface area contributed by atoms with E-state index >= 15 is 0 Å². The van der Waals surface area contributed by atoms with Crippen molar-refractivity contribution in [1.82, 2.24) is 0 Å². The summed E-state index contributed by atoms with van der Waals surface area (Å²) >= 11 is 0. The van der Waals surface area contributed by atoms with E-state index in [2.05, 4.69) is 0 Å². The van der Waals surface area contributed by atoms with Crippen molar-refractivity contribution in [2.45, 2.75) is 19.1 Å². The van der Waals surface area contributed by atoms with Gasteiger partial charge in [0.1, 0.15) is 28.8 Å². The van der Waals surface area contributed by atoms with Gasteiger partial charge >= 0.3 is 12.1 Å². The van der Waals surface area contributed by atoms with Gasteiger partial charge in [0.2, 0.25) is 0 Å². The van der Waals surface area contributed by atoms with Crippen molar-refractivity contribution in [3.8, 4) is 22.5 Å². The number of carbonyl (C=O) groups excluding carboxylic acids is 1. The largest absolute Gasteiger partial charge is 0.478 e. The molecular weight excluding hydrogens is 485 g/mol. The first-order chi connectivity index (χ1) is 18.4. The molecule has 7 heteroatoms. The number of carboxylic acids is 1. The zero-order valence-electron chi connectivity index (χ0n) is 20.3. The quantitative estimate of drug-likeness (QED) is 0.264. The maximum atomic E-state index is 13.6. The molecule has 6 rings (SSSR count). The standard InChI is InChI=1S/C31H22FNO5/c1-18-28(20-10-6-3-7-11-20)38-31(36)33(18)25-17-26-24(16-23(25)19-8-4-2-5-9-19)27(30(34)35)29(37-26)21-12-14-22(32)15-13-21/h2-18,28H,1H3,(H,34,35)/t18-,28-/m0/s1. The summed E-state index contributed by atoms with van der Waals surface area (Å²) in [6, 6.07) is 27.5. The third-order valence-electron chi connectivity index (χ3n) is 6.87. The van der Waals surface area contributed by atoms with Crippen LogP contribution >= 0.6 is 0 Å². The minimum absolute atomic E-state index is 0.0328. The predicted molar refractivity (Wildman–Crippen MR) is 142 cm³/mol. The Bertz CT molecular complexity index is 1660. The monoisotopic (exact) mass is 507 g/mol. The highest BCUT2D eigenvalue weighted by molar-refractivity contribution is 6.11. The first-order valence-corrected chi connectivity index (χ1v) is 12.1. The summed E-state index contributed by atoms with van der Waals surface area (Å²) in [6.07, 6.45) is -0.990. The SMILES string of the molecule is C[C@H]1[C@@H](c2ccccc2)OC(=O)N1c1cc2oc(-c3ccc(F)cc3)c(C(=O)O)c2cc1-c1ccccc1. The van der Waals surface area contributed by atoms with Crippen molar-refractivity contribution in [2.24, 2.45) is 0 Å². The number of cyclic esters (lactones) is 1. The summed E-state index contributed by atoms with van der Waals surface area (Å²) in [5.74, 6) is -1.50. The number of anilines is 1. The van der Waals surface area contributed by atoms with Crippen LogP contribution in [0.5, 0.6) is 0 Å². The number of carbonyl (C=O) groups is 2. The molecule has 2 heterocycles. The van der Waals surface area contributed by atoms with E-state index in [0.29, 0.717) is 27.8 Å². The van der Waals surface area contributed by atoms with Crippen molar-refractivity contribution in [3.63, 3.8) is 0 Å². The van der Waals surface area contributed by atoms with Gasteiger partial charge in [-0.25, -0.2) is 14.0 Å². The van der Waals surface area contributed by atoms with Crippen molar-refractivity contribution < 1.29 is 28.2 Å². The van der Waals surface area contributed by atoms with Crippen molar-refractivity contribution >= 4 is 28.7 Å². The molecule has 0 radical (unpaired) electrons. The minimum atomic E-state index is -1.17. The molecule has 0 unspecified atom stereocenters. The molecule has 0 aliphatic carbocycles. The summed E-state index contributed by atoms with van der Waals surface area (Å²) in [5, 5.41) is 10.5. The maximum Gasteiger partial charge on any atom is 0.415 e. The second-order valence-electron chi connectivity index (χ2n) is 9.18. The molecule has 1 N–H and O–H groups in total. The van der Waals surface area contributed by atoms with E-state index in [1.165, 1.54) is 24.3 Å². The Balaban J connectivity index is 1.57. The molecule has 1 aromatic heterocycles. The van der Waals surface area contributed by atoms with Gasteiger partial charge in [-0.1, -0.05) is 60.7 Å². The molecular formula is C31H22FNO5. The lowest BCUT2D eigenvalue weighted by Gasteiger charge is -2.24. The smallest absolute Gasteiger partial charge is 0.415 e. The van der Waals surface area contributed by atoms with Crippen LogP contribution in [0, 0.1) is 5.82 Å². The number of rotatable bonds is 5. The topological polar surface area (TPSA) is 80.0 Å². The molecule has 188 valence electrons. The third kappa shape index (κ3) is 3.89. The van der Waals surface area contributed by atoms with Gasteiger partial charge < -0.3 is 14.3 Å². The van der Waals surface area contributed by atoms with Crippen LogP contribution in [0.3, 0.4) is 0 Å². The molecule has 38 heavy (non-hydrogen) atoms. The maximum absolute atomic E-state index is 13.6. The lowest BCUT2D eigenvalue weighted by Crippen LogP contribution is -2.32. The Morgan fingerprint density at radius 1 is 0.895 bits per heavy atom. The Labute approximate surface area is 217 Å². The van der Waals surface area contributed by atoms with Crippen molar-refractivity contribution in [3.05, 3.63) is 114 Å². The van der Waals surface area contributed by atoms with Crippen LogP contribution in [0.2, 0.25) is 0 Å². The summed E-state index contributed by atoms with van der Waals surface area (Å²) < 4.78 is 25.4. The molecule has 0 spiro atoms. The summed E-state index contributed by atoms with van der Waals surface area (Å²) in [4.78, 5) is 27.3. The van der Waals surface area contributed by atoms with Crippen molar-refractivity contribution in [1.29, 1.82) is 0 Å². The number of amides is 1. The first-order valence-electron chi connectivity index (χ1n) is 12.1. The second kappa shape index (κ2) is 9.19. The van der Waals surface area contributed by atoms with Crippen LogP contribution in [0.15, 0.2) is 101 Å². The van der Waals surface area contributed by atoms with Gasteiger partial charge in [-0.15, -0.1) is 0 Å². The molecule has 1 aliphatic heterocycles.